The van der Waals surface area contributed by atoms with E-state index in [2.05, 4.69) is 36.7 Å². The third kappa shape index (κ3) is 3.82. The molecule has 19 heavy (non-hydrogen) atoms. The van der Waals surface area contributed by atoms with Crippen molar-refractivity contribution in [1.82, 2.24) is 5.32 Å². The molecule has 0 saturated heterocycles. The molecule has 1 heterocycles. The molecule has 2 nitrogen and oxygen atoms in total. The third-order valence-corrected chi connectivity index (χ3v) is 4.17. The highest BCUT2D eigenvalue weighted by atomic mass is 32.1. The fraction of sp³-hybridized carbons (Fsp3) is 0.375. The first-order valence-corrected chi connectivity index (χ1v) is 7.52. The largest absolute Gasteiger partial charge is 0.508 e. The number of hydrogen-bond donors (Lipinski definition) is 2. The Kier molecular flexibility index (Phi) is 4.61. The van der Waals surface area contributed by atoms with Crippen molar-refractivity contribution in [3.05, 3.63) is 51.7 Å². The van der Waals surface area contributed by atoms with Crippen LogP contribution in [-0.2, 0) is 6.42 Å². The SMILES string of the molecule is Cc1ccc(C(C)NC(C)Cc2cccs2)c(O)c1. The van der Waals surface area contributed by atoms with Crippen LogP contribution in [-0.4, -0.2) is 11.1 Å². The molecule has 2 aromatic rings. The second-order valence-corrected chi connectivity index (χ2v) is 6.17. The molecule has 0 fully saturated rings. The molecular weight excluding hydrogens is 254 g/mol. The second-order valence-electron chi connectivity index (χ2n) is 5.14. The van der Waals surface area contributed by atoms with E-state index >= 15 is 0 Å². The van der Waals surface area contributed by atoms with E-state index in [4.69, 9.17) is 0 Å². The van der Waals surface area contributed by atoms with E-state index in [-0.39, 0.29) is 6.04 Å². The molecule has 2 rings (SSSR count). The van der Waals surface area contributed by atoms with E-state index in [1.165, 1.54) is 4.88 Å². The van der Waals surface area contributed by atoms with Crippen LogP contribution in [0.1, 0.15) is 35.9 Å². The van der Waals surface area contributed by atoms with Crippen LogP contribution in [0.3, 0.4) is 0 Å². The van der Waals surface area contributed by atoms with Crippen LogP contribution >= 0.6 is 11.3 Å². The minimum atomic E-state index is 0.149. The standard InChI is InChI=1S/C16H21NOS/c1-11-6-7-15(16(18)9-11)13(3)17-12(2)10-14-5-4-8-19-14/h4-9,12-13,17-18H,10H2,1-3H3. The number of nitrogens with one attached hydrogen (secondary N) is 1. The van der Waals surface area contributed by atoms with Crippen molar-refractivity contribution in [2.24, 2.45) is 0 Å². The summed E-state index contributed by atoms with van der Waals surface area (Å²) in [5.41, 5.74) is 2.05. The Morgan fingerprint density at radius 2 is 2.05 bits per heavy atom. The van der Waals surface area contributed by atoms with Gasteiger partial charge >= 0.3 is 0 Å². The van der Waals surface area contributed by atoms with Crippen LogP contribution < -0.4 is 5.32 Å². The molecule has 0 bridgehead atoms. The number of thiophene rings is 1. The zero-order chi connectivity index (χ0) is 13.8. The highest BCUT2D eigenvalue weighted by Crippen LogP contribution is 2.25. The van der Waals surface area contributed by atoms with Gasteiger partial charge in [0.2, 0.25) is 0 Å². The Balaban J connectivity index is 1.98. The predicted molar refractivity (Wildman–Crippen MR) is 81.9 cm³/mol. The predicted octanol–water partition coefficient (Wildman–Crippen LogP) is 4.04. The molecule has 0 aliphatic carbocycles. The topological polar surface area (TPSA) is 32.3 Å². The van der Waals surface area contributed by atoms with Gasteiger partial charge in [-0.25, -0.2) is 0 Å². The van der Waals surface area contributed by atoms with Gasteiger partial charge < -0.3 is 10.4 Å². The number of benzene rings is 1. The van der Waals surface area contributed by atoms with Gasteiger partial charge in [-0.1, -0.05) is 18.2 Å². The van der Waals surface area contributed by atoms with Gasteiger partial charge in [-0.15, -0.1) is 11.3 Å². The average Bonchev–Trinajstić information content (AvgIpc) is 2.81. The molecule has 2 N–H and O–H groups in total. The summed E-state index contributed by atoms with van der Waals surface area (Å²) < 4.78 is 0. The molecule has 0 aliphatic rings. The zero-order valence-corrected chi connectivity index (χ0v) is 12.5. The van der Waals surface area contributed by atoms with Gasteiger partial charge in [0.1, 0.15) is 5.75 Å². The van der Waals surface area contributed by atoms with Gasteiger partial charge in [-0.3, -0.25) is 0 Å². The molecule has 0 spiro atoms. The van der Waals surface area contributed by atoms with Crippen molar-refractivity contribution in [3.63, 3.8) is 0 Å². The quantitative estimate of drug-likeness (QED) is 0.863. The van der Waals surface area contributed by atoms with Crippen LogP contribution in [0.25, 0.3) is 0 Å². The van der Waals surface area contributed by atoms with Crippen molar-refractivity contribution in [2.45, 2.75) is 39.3 Å². The third-order valence-electron chi connectivity index (χ3n) is 3.27. The lowest BCUT2D eigenvalue weighted by Crippen LogP contribution is -2.30. The molecule has 2 unspecified atom stereocenters. The average molecular weight is 275 g/mol. The summed E-state index contributed by atoms with van der Waals surface area (Å²) in [6, 6.07) is 10.6. The van der Waals surface area contributed by atoms with E-state index < -0.39 is 0 Å². The van der Waals surface area contributed by atoms with Gasteiger partial charge in [0.25, 0.3) is 0 Å². The fourth-order valence-corrected chi connectivity index (χ4v) is 3.16. The Morgan fingerprint density at radius 3 is 2.68 bits per heavy atom. The monoisotopic (exact) mass is 275 g/mol. The Morgan fingerprint density at radius 1 is 1.26 bits per heavy atom. The maximum absolute atomic E-state index is 9.99. The maximum Gasteiger partial charge on any atom is 0.120 e. The summed E-state index contributed by atoms with van der Waals surface area (Å²) in [5.74, 6) is 0.378. The first kappa shape index (κ1) is 14.1. The van der Waals surface area contributed by atoms with Gasteiger partial charge in [0.15, 0.2) is 0 Å². The highest BCUT2D eigenvalue weighted by molar-refractivity contribution is 7.09. The Bertz CT molecular complexity index is 522. The van der Waals surface area contributed by atoms with E-state index in [0.717, 1.165) is 17.5 Å². The number of hydrogen-bond acceptors (Lipinski definition) is 3. The molecule has 1 aromatic carbocycles. The number of aromatic hydroxyl groups is 1. The Labute approximate surface area is 119 Å². The van der Waals surface area contributed by atoms with Crippen molar-refractivity contribution < 1.29 is 5.11 Å². The summed E-state index contributed by atoms with van der Waals surface area (Å²) in [6.45, 7) is 6.26. The van der Waals surface area contributed by atoms with Crippen molar-refractivity contribution in [2.75, 3.05) is 0 Å². The van der Waals surface area contributed by atoms with E-state index in [1.54, 1.807) is 11.3 Å². The summed E-state index contributed by atoms with van der Waals surface area (Å²) >= 11 is 1.79. The molecule has 2 atom stereocenters. The van der Waals surface area contributed by atoms with E-state index in [9.17, 15) is 5.11 Å². The lowest BCUT2D eigenvalue weighted by atomic mass is 10.0. The highest BCUT2D eigenvalue weighted by Gasteiger charge is 2.13. The lowest BCUT2D eigenvalue weighted by molar-refractivity contribution is 0.434. The van der Waals surface area contributed by atoms with E-state index in [1.807, 2.05) is 25.1 Å². The second kappa shape index (κ2) is 6.22. The first-order valence-electron chi connectivity index (χ1n) is 6.64. The number of rotatable bonds is 5. The summed E-state index contributed by atoms with van der Waals surface area (Å²) in [4.78, 5) is 1.39. The smallest absolute Gasteiger partial charge is 0.120 e. The fourth-order valence-electron chi connectivity index (χ4n) is 2.33. The molecule has 1 aromatic heterocycles. The lowest BCUT2D eigenvalue weighted by Gasteiger charge is -2.21. The molecule has 0 aliphatic heterocycles. The van der Waals surface area contributed by atoms with Crippen LogP contribution in [0.2, 0.25) is 0 Å². The van der Waals surface area contributed by atoms with Crippen LogP contribution in [0.15, 0.2) is 35.7 Å². The molecule has 0 saturated carbocycles. The minimum Gasteiger partial charge on any atom is -0.508 e. The number of aryl methyl sites for hydroxylation is 1. The van der Waals surface area contributed by atoms with Crippen LogP contribution in [0, 0.1) is 6.92 Å². The van der Waals surface area contributed by atoms with Crippen LogP contribution in [0.4, 0.5) is 0 Å². The van der Waals surface area contributed by atoms with Crippen molar-refractivity contribution in [3.8, 4) is 5.75 Å². The molecule has 3 heteroatoms. The van der Waals surface area contributed by atoms with Gasteiger partial charge in [0.05, 0.1) is 0 Å². The van der Waals surface area contributed by atoms with E-state index in [0.29, 0.717) is 11.8 Å². The summed E-state index contributed by atoms with van der Waals surface area (Å²) in [5, 5.41) is 15.6. The number of phenols is 1. The molecule has 0 radical (unpaired) electrons. The van der Waals surface area contributed by atoms with Crippen molar-refractivity contribution in [1.29, 1.82) is 0 Å². The first-order chi connectivity index (χ1) is 9.06. The number of phenolic OH excluding ortho intramolecular Hbond substituents is 1. The summed E-state index contributed by atoms with van der Waals surface area (Å²) in [6.07, 6.45) is 1.02. The van der Waals surface area contributed by atoms with Gasteiger partial charge in [-0.2, -0.15) is 0 Å². The minimum absolute atomic E-state index is 0.149. The zero-order valence-electron chi connectivity index (χ0n) is 11.7. The van der Waals surface area contributed by atoms with Gasteiger partial charge in [-0.05, 0) is 50.3 Å². The molecule has 0 amide bonds. The Hall–Kier alpha value is -1.32. The maximum atomic E-state index is 9.99. The van der Waals surface area contributed by atoms with Gasteiger partial charge in [0, 0.05) is 22.5 Å². The molecule has 102 valence electrons. The van der Waals surface area contributed by atoms with Crippen molar-refractivity contribution >= 4 is 11.3 Å². The van der Waals surface area contributed by atoms with Crippen LogP contribution in [0.5, 0.6) is 5.75 Å². The normalized spacial score (nSPS) is 14.3. The molecular formula is C16H21NOS. The summed E-state index contributed by atoms with van der Waals surface area (Å²) in [7, 11) is 0.